The number of benzene rings is 2. The number of hydrogen-bond donors (Lipinski definition) is 3. The van der Waals surface area contributed by atoms with Crippen LogP contribution in [0.25, 0.3) is 11.1 Å². The Morgan fingerprint density at radius 3 is 2.12 bits per heavy atom. The van der Waals surface area contributed by atoms with Crippen molar-refractivity contribution in [2.75, 3.05) is 26.3 Å². The molecule has 1 aliphatic carbocycles. The second kappa shape index (κ2) is 11.7. The number of aliphatic hydroxyl groups is 1. The number of fused-ring (bicyclic) bond motifs is 3. The molecule has 182 valence electrons. The monoisotopic (exact) mass is 468 g/mol. The summed E-state index contributed by atoms with van der Waals surface area (Å²) in [5, 5.41) is 21.0. The lowest BCUT2D eigenvalue weighted by molar-refractivity contribution is -0.145. The second-order valence-electron chi connectivity index (χ2n) is 8.87. The fourth-order valence-corrected chi connectivity index (χ4v) is 4.31. The molecule has 1 unspecified atom stereocenters. The van der Waals surface area contributed by atoms with E-state index in [9.17, 15) is 19.5 Å². The fraction of sp³-hybridized carbons (Fsp3) is 0.423. The van der Waals surface area contributed by atoms with Crippen molar-refractivity contribution in [3.8, 4) is 11.1 Å². The van der Waals surface area contributed by atoms with Crippen molar-refractivity contribution >= 4 is 18.0 Å². The molecule has 0 heterocycles. The van der Waals surface area contributed by atoms with Crippen molar-refractivity contribution in [1.29, 1.82) is 0 Å². The van der Waals surface area contributed by atoms with Gasteiger partial charge in [-0.1, -0.05) is 62.4 Å². The van der Waals surface area contributed by atoms with Crippen LogP contribution in [0.2, 0.25) is 0 Å². The number of carboxylic acids is 1. The minimum Gasteiger partial charge on any atom is -0.480 e. The number of ether oxygens (including phenoxy) is 1. The van der Waals surface area contributed by atoms with E-state index in [4.69, 9.17) is 9.84 Å². The van der Waals surface area contributed by atoms with Gasteiger partial charge in [-0.05, 0) is 41.0 Å². The van der Waals surface area contributed by atoms with Crippen LogP contribution in [0, 0.1) is 5.92 Å². The average molecular weight is 469 g/mol. The van der Waals surface area contributed by atoms with Crippen LogP contribution in [0.4, 0.5) is 4.79 Å². The molecule has 2 aromatic carbocycles. The number of carbonyl (C=O) groups excluding carboxylic acids is 2. The lowest BCUT2D eigenvalue weighted by Crippen LogP contribution is -2.51. The summed E-state index contributed by atoms with van der Waals surface area (Å²) < 4.78 is 5.56. The Morgan fingerprint density at radius 2 is 1.59 bits per heavy atom. The minimum atomic E-state index is -1.19. The van der Waals surface area contributed by atoms with Gasteiger partial charge in [-0.25, -0.2) is 4.79 Å². The molecule has 2 amide bonds. The Morgan fingerprint density at radius 1 is 1.00 bits per heavy atom. The van der Waals surface area contributed by atoms with Gasteiger partial charge in [-0.15, -0.1) is 0 Å². The largest absolute Gasteiger partial charge is 0.480 e. The molecule has 0 saturated heterocycles. The predicted molar refractivity (Wildman–Crippen MR) is 127 cm³/mol. The minimum absolute atomic E-state index is 0.110. The zero-order valence-electron chi connectivity index (χ0n) is 19.6. The summed E-state index contributed by atoms with van der Waals surface area (Å²) in [6.07, 6.45) is 0.255. The molecule has 0 bridgehead atoms. The summed E-state index contributed by atoms with van der Waals surface area (Å²) in [6, 6.07) is 15.1. The smallest absolute Gasteiger partial charge is 0.407 e. The van der Waals surface area contributed by atoms with Crippen LogP contribution in [0.5, 0.6) is 0 Å². The van der Waals surface area contributed by atoms with E-state index in [-0.39, 0.29) is 31.6 Å². The number of alkyl carbamates (subject to hydrolysis) is 1. The van der Waals surface area contributed by atoms with Crippen LogP contribution >= 0.6 is 0 Å². The van der Waals surface area contributed by atoms with Crippen LogP contribution in [-0.2, 0) is 14.3 Å². The van der Waals surface area contributed by atoms with Crippen LogP contribution in [0.3, 0.4) is 0 Å². The van der Waals surface area contributed by atoms with Gasteiger partial charge in [-0.2, -0.15) is 0 Å². The molecule has 8 heteroatoms. The van der Waals surface area contributed by atoms with E-state index in [0.717, 1.165) is 27.2 Å². The quantitative estimate of drug-likeness (QED) is 0.466. The molecule has 1 atom stereocenters. The Labute approximate surface area is 199 Å². The van der Waals surface area contributed by atoms with Gasteiger partial charge < -0.3 is 25.2 Å². The van der Waals surface area contributed by atoms with Crippen molar-refractivity contribution in [2.45, 2.75) is 38.6 Å². The highest BCUT2D eigenvalue weighted by atomic mass is 16.5. The third-order valence-corrected chi connectivity index (χ3v) is 5.97. The fourth-order valence-electron chi connectivity index (χ4n) is 4.31. The molecule has 1 aliphatic rings. The highest BCUT2D eigenvalue weighted by Crippen LogP contribution is 2.44. The van der Waals surface area contributed by atoms with Crippen LogP contribution in [-0.4, -0.2) is 65.4 Å². The van der Waals surface area contributed by atoms with Gasteiger partial charge in [0.1, 0.15) is 19.2 Å². The summed E-state index contributed by atoms with van der Waals surface area (Å²) in [6.45, 7) is 3.05. The standard InChI is InChI=1S/C26H32N2O6/c1-17(2)11-12-23(25(32)28(13-14-29)15-24(30)31)27-26(33)34-16-22-20-9-5-3-7-18(20)19-8-4-6-10-21(19)22/h3-10,17,22-23,29H,11-16H2,1-2H3,(H,27,33)(H,30,31). The van der Waals surface area contributed by atoms with Gasteiger partial charge in [0.2, 0.25) is 5.91 Å². The third-order valence-electron chi connectivity index (χ3n) is 5.97. The third kappa shape index (κ3) is 6.14. The van der Waals surface area contributed by atoms with Crippen molar-refractivity contribution < 1.29 is 29.3 Å². The molecule has 0 radical (unpaired) electrons. The second-order valence-corrected chi connectivity index (χ2v) is 8.87. The Balaban J connectivity index is 1.70. The van der Waals surface area contributed by atoms with E-state index in [1.165, 1.54) is 0 Å². The summed E-state index contributed by atoms with van der Waals surface area (Å²) in [7, 11) is 0. The maximum absolute atomic E-state index is 13.0. The molecule has 3 rings (SSSR count). The van der Waals surface area contributed by atoms with Gasteiger partial charge in [0.15, 0.2) is 0 Å². The SMILES string of the molecule is CC(C)CCC(NC(=O)OCC1c2ccccc2-c2ccccc21)C(=O)N(CCO)CC(=O)O. The van der Waals surface area contributed by atoms with E-state index in [0.29, 0.717) is 12.8 Å². The summed E-state index contributed by atoms with van der Waals surface area (Å²) in [5.74, 6) is -1.57. The number of aliphatic carboxylic acids is 1. The molecular weight excluding hydrogens is 436 g/mol. The molecule has 8 nitrogen and oxygen atoms in total. The van der Waals surface area contributed by atoms with Gasteiger partial charge in [-0.3, -0.25) is 9.59 Å². The first-order valence-corrected chi connectivity index (χ1v) is 11.5. The molecule has 2 aromatic rings. The lowest BCUT2D eigenvalue weighted by Gasteiger charge is -2.26. The van der Waals surface area contributed by atoms with E-state index < -0.39 is 30.6 Å². The number of nitrogens with zero attached hydrogens (tertiary/aromatic N) is 1. The van der Waals surface area contributed by atoms with Crippen molar-refractivity contribution in [2.24, 2.45) is 5.92 Å². The summed E-state index contributed by atoms with van der Waals surface area (Å²) in [4.78, 5) is 37.9. The van der Waals surface area contributed by atoms with E-state index >= 15 is 0 Å². The Bertz CT molecular complexity index is 976. The maximum atomic E-state index is 13.0. The average Bonchev–Trinajstić information content (AvgIpc) is 3.13. The topological polar surface area (TPSA) is 116 Å². The Kier molecular flexibility index (Phi) is 8.65. The molecule has 0 aliphatic heterocycles. The first-order valence-electron chi connectivity index (χ1n) is 11.5. The van der Waals surface area contributed by atoms with Gasteiger partial charge in [0, 0.05) is 12.5 Å². The molecule has 0 saturated carbocycles. The van der Waals surface area contributed by atoms with Gasteiger partial charge >= 0.3 is 12.1 Å². The number of amides is 2. The van der Waals surface area contributed by atoms with Gasteiger partial charge in [0.05, 0.1) is 6.61 Å². The van der Waals surface area contributed by atoms with Crippen molar-refractivity contribution in [3.63, 3.8) is 0 Å². The summed E-state index contributed by atoms with van der Waals surface area (Å²) in [5.41, 5.74) is 4.40. The zero-order valence-corrected chi connectivity index (χ0v) is 19.6. The number of carboxylic acid groups (broad SMARTS) is 1. The van der Waals surface area contributed by atoms with Crippen LogP contribution in [0.15, 0.2) is 48.5 Å². The Hall–Kier alpha value is -3.39. The van der Waals surface area contributed by atoms with E-state index in [1.807, 2.05) is 62.4 Å². The molecule has 0 fully saturated rings. The molecule has 3 N–H and O–H groups in total. The molecule has 0 aromatic heterocycles. The zero-order chi connectivity index (χ0) is 24.7. The van der Waals surface area contributed by atoms with Gasteiger partial charge in [0.25, 0.3) is 0 Å². The number of hydrogen-bond acceptors (Lipinski definition) is 5. The number of rotatable bonds is 11. The molecular formula is C26H32N2O6. The number of aliphatic hydroxyl groups excluding tert-OH is 1. The number of carbonyl (C=O) groups is 3. The van der Waals surface area contributed by atoms with Crippen molar-refractivity contribution in [1.82, 2.24) is 10.2 Å². The van der Waals surface area contributed by atoms with E-state index in [1.54, 1.807) is 0 Å². The number of nitrogens with one attached hydrogen (secondary N) is 1. The van der Waals surface area contributed by atoms with Crippen LogP contribution in [0.1, 0.15) is 43.7 Å². The van der Waals surface area contributed by atoms with Crippen molar-refractivity contribution in [3.05, 3.63) is 59.7 Å². The van der Waals surface area contributed by atoms with E-state index in [2.05, 4.69) is 5.32 Å². The highest BCUT2D eigenvalue weighted by Gasteiger charge is 2.31. The first kappa shape index (κ1) is 25.2. The summed E-state index contributed by atoms with van der Waals surface area (Å²) >= 11 is 0. The predicted octanol–water partition coefficient (Wildman–Crippen LogP) is 3.24. The first-order chi connectivity index (χ1) is 16.3. The normalized spacial score (nSPS) is 13.2. The highest BCUT2D eigenvalue weighted by molar-refractivity contribution is 5.88. The molecule has 0 spiro atoms. The molecule has 34 heavy (non-hydrogen) atoms. The maximum Gasteiger partial charge on any atom is 0.407 e. The van der Waals surface area contributed by atoms with Crippen LogP contribution < -0.4 is 5.32 Å². The lowest BCUT2D eigenvalue weighted by atomic mass is 9.98.